The van der Waals surface area contributed by atoms with Crippen molar-refractivity contribution in [1.82, 2.24) is 0 Å². The number of hydrogen-bond acceptors (Lipinski definition) is 1. The van der Waals surface area contributed by atoms with Crippen molar-refractivity contribution in [2.75, 3.05) is 5.75 Å². The highest BCUT2D eigenvalue weighted by Gasteiger charge is 2.08. The van der Waals surface area contributed by atoms with Crippen LogP contribution in [0.3, 0.4) is 0 Å². The van der Waals surface area contributed by atoms with Gasteiger partial charge < -0.3 is 0 Å². The molecule has 2 atom stereocenters. The second kappa shape index (κ2) is 12.8. The standard InChI is InChI=1S/C16H34S/c1-4-5-11-15(2)14-16(3)12-9-7-6-8-10-13-17/h15-17H,4-14H2,1-3H3. The van der Waals surface area contributed by atoms with Gasteiger partial charge >= 0.3 is 0 Å². The molecule has 0 spiro atoms. The summed E-state index contributed by atoms with van der Waals surface area (Å²) in [5.74, 6) is 2.94. The molecule has 0 saturated heterocycles. The van der Waals surface area contributed by atoms with Crippen molar-refractivity contribution in [3.05, 3.63) is 0 Å². The van der Waals surface area contributed by atoms with Crippen LogP contribution in [0.2, 0.25) is 0 Å². The van der Waals surface area contributed by atoms with E-state index in [9.17, 15) is 0 Å². The molecular weight excluding hydrogens is 224 g/mol. The molecule has 0 saturated carbocycles. The van der Waals surface area contributed by atoms with Gasteiger partial charge in [-0.1, -0.05) is 72.1 Å². The van der Waals surface area contributed by atoms with Gasteiger partial charge in [0.1, 0.15) is 0 Å². The number of rotatable bonds is 12. The third-order valence-electron chi connectivity index (χ3n) is 3.71. The fourth-order valence-electron chi connectivity index (χ4n) is 2.61. The monoisotopic (exact) mass is 258 g/mol. The highest BCUT2D eigenvalue weighted by molar-refractivity contribution is 7.80. The molecule has 0 aliphatic heterocycles. The summed E-state index contributed by atoms with van der Waals surface area (Å²) in [7, 11) is 0. The summed E-state index contributed by atoms with van der Waals surface area (Å²) in [6, 6.07) is 0. The van der Waals surface area contributed by atoms with Crippen LogP contribution in [0.15, 0.2) is 0 Å². The van der Waals surface area contributed by atoms with Crippen LogP contribution < -0.4 is 0 Å². The minimum Gasteiger partial charge on any atom is -0.179 e. The summed E-state index contributed by atoms with van der Waals surface area (Å²) in [6.45, 7) is 7.16. The topological polar surface area (TPSA) is 0 Å². The third-order valence-corrected chi connectivity index (χ3v) is 4.03. The van der Waals surface area contributed by atoms with E-state index in [4.69, 9.17) is 0 Å². The van der Waals surface area contributed by atoms with Crippen molar-refractivity contribution in [3.8, 4) is 0 Å². The number of unbranched alkanes of at least 4 members (excludes halogenated alkanes) is 5. The first kappa shape index (κ1) is 17.4. The van der Waals surface area contributed by atoms with Crippen molar-refractivity contribution < 1.29 is 0 Å². The molecule has 0 bridgehead atoms. The SMILES string of the molecule is CCCCC(C)CC(C)CCCCCCCS. The van der Waals surface area contributed by atoms with Gasteiger partial charge in [0.15, 0.2) is 0 Å². The van der Waals surface area contributed by atoms with E-state index >= 15 is 0 Å². The van der Waals surface area contributed by atoms with E-state index in [-0.39, 0.29) is 0 Å². The lowest BCUT2D eigenvalue weighted by Gasteiger charge is -2.16. The van der Waals surface area contributed by atoms with Gasteiger partial charge in [0, 0.05) is 0 Å². The van der Waals surface area contributed by atoms with Crippen molar-refractivity contribution in [2.45, 2.75) is 85.0 Å². The van der Waals surface area contributed by atoms with Gasteiger partial charge in [0.2, 0.25) is 0 Å². The van der Waals surface area contributed by atoms with E-state index in [1.165, 1.54) is 64.2 Å². The molecule has 0 aromatic carbocycles. The van der Waals surface area contributed by atoms with Crippen molar-refractivity contribution in [3.63, 3.8) is 0 Å². The molecule has 1 heteroatoms. The fraction of sp³-hybridized carbons (Fsp3) is 1.00. The van der Waals surface area contributed by atoms with Gasteiger partial charge in [0.05, 0.1) is 0 Å². The maximum atomic E-state index is 4.24. The highest BCUT2D eigenvalue weighted by Crippen LogP contribution is 2.22. The molecule has 0 fully saturated rings. The van der Waals surface area contributed by atoms with Crippen molar-refractivity contribution in [2.24, 2.45) is 11.8 Å². The quantitative estimate of drug-likeness (QED) is 0.317. The van der Waals surface area contributed by atoms with Crippen molar-refractivity contribution >= 4 is 12.6 Å². The molecule has 104 valence electrons. The molecule has 0 aromatic rings. The largest absolute Gasteiger partial charge is 0.179 e. The lowest BCUT2D eigenvalue weighted by Crippen LogP contribution is -2.03. The zero-order valence-electron chi connectivity index (χ0n) is 12.4. The summed E-state index contributed by atoms with van der Waals surface area (Å²) >= 11 is 4.24. The Labute approximate surface area is 115 Å². The van der Waals surface area contributed by atoms with Gasteiger partial charge in [-0.15, -0.1) is 0 Å². The van der Waals surface area contributed by atoms with E-state index in [1.807, 2.05) is 0 Å². The fourth-order valence-corrected chi connectivity index (χ4v) is 2.83. The molecule has 0 N–H and O–H groups in total. The number of thiol groups is 1. The van der Waals surface area contributed by atoms with Gasteiger partial charge in [-0.2, -0.15) is 12.6 Å². The molecule has 0 heterocycles. The first-order valence-corrected chi connectivity index (χ1v) is 8.44. The first-order chi connectivity index (χ1) is 8.20. The Kier molecular flexibility index (Phi) is 13.1. The highest BCUT2D eigenvalue weighted by atomic mass is 32.1. The minimum atomic E-state index is 0.937. The number of hydrogen-bond donors (Lipinski definition) is 1. The second-order valence-electron chi connectivity index (χ2n) is 5.87. The van der Waals surface area contributed by atoms with Crippen LogP contribution >= 0.6 is 12.6 Å². The first-order valence-electron chi connectivity index (χ1n) is 7.81. The Morgan fingerprint density at radius 2 is 1.29 bits per heavy atom. The smallest absolute Gasteiger partial charge is 0.00979 e. The summed E-state index contributed by atoms with van der Waals surface area (Å²) in [6.07, 6.45) is 14.0. The molecular formula is C16H34S. The maximum absolute atomic E-state index is 4.24. The second-order valence-corrected chi connectivity index (χ2v) is 6.32. The van der Waals surface area contributed by atoms with Crippen LogP contribution in [0, 0.1) is 11.8 Å². The Morgan fingerprint density at radius 1 is 0.765 bits per heavy atom. The van der Waals surface area contributed by atoms with E-state index in [1.54, 1.807) is 0 Å². The lowest BCUT2D eigenvalue weighted by molar-refractivity contribution is 0.360. The zero-order chi connectivity index (χ0) is 12.9. The predicted octanol–water partition coefficient (Wildman–Crippen LogP) is 6.11. The van der Waals surface area contributed by atoms with Crippen LogP contribution in [0.1, 0.15) is 85.0 Å². The molecule has 2 unspecified atom stereocenters. The Hall–Kier alpha value is 0.350. The van der Waals surface area contributed by atoms with E-state index in [0.29, 0.717) is 0 Å². The minimum absolute atomic E-state index is 0.937. The molecule has 0 aliphatic carbocycles. The average molecular weight is 259 g/mol. The Balaban J connectivity index is 3.30. The molecule has 0 rings (SSSR count). The van der Waals surface area contributed by atoms with Gasteiger partial charge in [-0.25, -0.2) is 0 Å². The average Bonchev–Trinajstić information content (AvgIpc) is 2.31. The molecule has 0 nitrogen and oxygen atoms in total. The molecule has 0 aromatic heterocycles. The van der Waals surface area contributed by atoms with Crippen LogP contribution in [-0.4, -0.2) is 5.75 Å². The maximum Gasteiger partial charge on any atom is -0.00979 e. The predicted molar refractivity (Wildman–Crippen MR) is 84.0 cm³/mol. The van der Waals surface area contributed by atoms with Crippen LogP contribution in [0.4, 0.5) is 0 Å². The molecule has 0 aliphatic rings. The third kappa shape index (κ3) is 12.6. The molecule has 0 radical (unpaired) electrons. The van der Waals surface area contributed by atoms with Gasteiger partial charge in [-0.3, -0.25) is 0 Å². The zero-order valence-corrected chi connectivity index (χ0v) is 13.3. The lowest BCUT2D eigenvalue weighted by atomic mass is 9.90. The Morgan fingerprint density at radius 3 is 1.88 bits per heavy atom. The summed E-state index contributed by atoms with van der Waals surface area (Å²) in [4.78, 5) is 0. The summed E-state index contributed by atoms with van der Waals surface area (Å²) < 4.78 is 0. The van der Waals surface area contributed by atoms with Crippen LogP contribution in [-0.2, 0) is 0 Å². The summed E-state index contributed by atoms with van der Waals surface area (Å²) in [5.41, 5.74) is 0. The van der Waals surface area contributed by atoms with Gasteiger partial charge in [-0.05, 0) is 30.4 Å². The summed E-state index contributed by atoms with van der Waals surface area (Å²) in [5, 5.41) is 0. The molecule has 0 amide bonds. The Bertz CT molecular complexity index is 144. The van der Waals surface area contributed by atoms with E-state index in [2.05, 4.69) is 33.4 Å². The van der Waals surface area contributed by atoms with E-state index in [0.717, 1.165) is 17.6 Å². The van der Waals surface area contributed by atoms with E-state index < -0.39 is 0 Å². The van der Waals surface area contributed by atoms with Crippen LogP contribution in [0.25, 0.3) is 0 Å². The molecule has 17 heavy (non-hydrogen) atoms. The van der Waals surface area contributed by atoms with Gasteiger partial charge in [0.25, 0.3) is 0 Å². The normalized spacial score (nSPS) is 14.8. The van der Waals surface area contributed by atoms with Crippen LogP contribution in [0.5, 0.6) is 0 Å². The van der Waals surface area contributed by atoms with Crippen molar-refractivity contribution in [1.29, 1.82) is 0 Å².